The minimum absolute atomic E-state index is 0.0579. The van der Waals surface area contributed by atoms with E-state index in [0.717, 1.165) is 18.7 Å². The van der Waals surface area contributed by atoms with E-state index in [1.165, 1.54) is 12.3 Å². The molecule has 0 amide bonds. The Morgan fingerprint density at radius 1 is 1.47 bits per heavy atom. The monoisotopic (exact) mass is 235 g/mol. The van der Waals surface area contributed by atoms with Gasteiger partial charge in [-0.05, 0) is 25.0 Å². The summed E-state index contributed by atoms with van der Waals surface area (Å²) in [4.78, 5) is 7.65. The van der Waals surface area contributed by atoms with Gasteiger partial charge in [0.2, 0.25) is 0 Å². The number of hydrogen-bond donors (Lipinski definition) is 0. The van der Waals surface area contributed by atoms with Crippen LogP contribution in [0.1, 0.15) is 30.5 Å². The summed E-state index contributed by atoms with van der Waals surface area (Å²) in [5.74, 6) is 0.946. The number of ether oxygens (including phenoxy) is 1. The Kier molecular flexibility index (Phi) is 2.47. The van der Waals surface area contributed by atoms with Crippen LogP contribution in [-0.4, -0.2) is 15.1 Å². The van der Waals surface area contributed by atoms with Crippen LogP contribution in [0.3, 0.4) is 0 Å². The molecule has 0 bridgehead atoms. The Morgan fingerprint density at radius 3 is 3.12 bits per heavy atom. The summed E-state index contributed by atoms with van der Waals surface area (Å²) < 4.78 is 23.3. The molecule has 6 heteroatoms. The van der Waals surface area contributed by atoms with E-state index in [4.69, 9.17) is 9.26 Å². The van der Waals surface area contributed by atoms with Crippen LogP contribution in [0.15, 0.2) is 22.9 Å². The summed E-state index contributed by atoms with van der Waals surface area (Å²) in [6, 6.07) is 3.10. The van der Waals surface area contributed by atoms with Gasteiger partial charge in [0, 0.05) is 12.1 Å². The van der Waals surface area contributed by atoms with E-state index in [1.807, 2.05) is 0 Å². The zero-order valence-corrected chi connectivity index (χ0v) is 8.97. The second-order valence-corrected chi connectivity index (χ2v) is 3.90. The maximum absolute atomic E-state index is 13.1. The van der Waals surface area contributed by atoms with Gasteiger partial charge >= 0.3 is 0 Å². The van der Waals surface area contributed by atoms with E-state index >= 15 is 0 Å². The molecular formula is C11H10FN3O2. The molecule has 1 aliphatic carbocycles. The summed E-state index contributed by atoms with van der Waals surface area (Å²) in [6.45, 7) is 0.0579. The Bertz CT molecular complexity index is 525. The number of nitrogens with zero attached hydrogens (tertiary/aromatic N) is 3. The van der Waals surface area contributed by atoms with Crippen molar-refractivity contribution >= 4 is 0 Å². The molecule has 2 aromatic heterocycles. The lowest BCUT2D eigenvalue weighted by Gasteiger charge is -2.02. The van der Waals surface area contributed by atoms with E-state index in [1.54, 1.807) is 6.07 Å². The minimum atomic E-state index is -0.644. The van der Waals surface area contributed by atoms with Crippen LogP contribution in [0.4, 0.5) is 4.39 Å². The van der Waals surface area contributed by atoms with Crippen molar-refractivity contribution in [1.82, 2.24) is 15.1 Å². The first-order chi connectivity index (χ1) is 8.33. The average molecular weight is 235 g/mol. The molecule has 0 aliphatic heterocycles. The molecule has 0 unspecified atom stereocenters. The minimum Gasteiger partial charge on any atom is -0.479 e. The van der Waals surface area contributed by atoms with Crippen molar-refractivity contribution in [2.45, 2.75) is 25.4 Å². The maximum Gasteiger partial charge on any atom is 0.264 e. The molecule has 0 saturated heterocycles. The third kappa shape index (κ3) is 2.25. The lowest BCUT2D eigenvalue weighted by Crippen LogP contribution is -1.98. The van der Waals surface area contributed by atoms with Crippen molar-refractivity contribution in [1.29, 1.82) is 0 Å². The van der Waals surface area contributed by atoms with Crippen LogP contribution in [0.2, 0.25) is 0 Å². The predicted molar refractivity (Wildman–Crippen MR) is 54.8 cm³/mol. The first-order valence-electron chi connectivity index (χ1n) is 5.39. The van der Waals surface area contributed by atoms with Gasteiger partial charge in [0.1, 0.15) is 0 Å². The average Bonchev–Trinajstić information content (AvgIpc) is 3.08. The summed E-state index contributed by atoms with van der Waals surface area (Å²) in [5.41, 5.74) is 0. The van der Waals surface area contributed by atoms with E-state index in [9.17, 15) is 4.39 Å². The van der Waals surface area contributed by atoms with Gasteiger partial charge in [-0.25, -0.2) is 4.98 Å². The zero-order valence-electron chi connectivity index (χ0n) is 8.97. The van der Waals surface area contributed by atoms with Crippen LogP contribution in [-0.2, 0) is 6.61 Å². The van der Waals surface area contributed by atoms with Crippen molar-refractivity contribution in [3.63, 3.8) is 0 Å². The van der Waals surface area contributed by atoms with Crippen LogP contribution in [0, 0.1) is 5.95 Å². The zero-order chi connectivity index (χ0) is 11.7. The van der Waals surface area contributed by atoms with E-state index < -0.39 is 5.95 Å². The number of pyridine rings is 1. The standard InChI is InChI=1S/C11H10FN3O2/c12-10-8(2-1-5-13-10)16-6-9-14-11(15-17-9)7-3-4-7/h1-2,5,7H,3-4,6H2. The summed E-state index contributed by atoms with van der Waals surface area (Å²) in [7, 11) is 0. The van der Waals surface area contributed by atoms with Crippen molar-refractivity contribution in [3.8, 4) is 5.75 Å². The summed E-state index contributed by atoms with van der Waals surface area (Å²) in [6.07, 6.45) is 3.58. The number of halogens is 1. The summed E-state index contributed by atoms with van der Waals surface area (Å²) in [5, 5.41) is 3.84. The van der Waals surface area contributed by atoms with Crippen LogP contribution < -0.4 is 4.74 Å². The highest BCUT2D eigenvalue weighted by Gasteiger charge is 2.28. The van der Waals surface area contributed by atoms with Crippen molar-refractivity contribution < 1.29 is 13.7 Å². The molecule has 0 spiro atoms. The highest BCUT2D eigenvalue weighted by Crippen LogP contribution is 2.38. The third-order valence-electron chi connectivity index (χ3n) is 2.50. The largest absolute Gasteiger partial charge is 0.479 e. The van der Waals surface area contributed by atoms with E-state index in [-0.39, 0.29) is 12.4 Å². The van der Waals surface area contributed by atoms with Crippen LogP contribution in [0.5, 0.6) is 5.75 Å². The second kappa shape index (κ2) is 4.12. The second-order valence-electron chi connectivity index (χ2n) is 3.90. The SMILES string of the molecule is Fc1ncccc1OCc1nc(C2CC2)no1. The van der Waals surface area contributed by atoms with Crippen LogP contribution in [0.25, 0.3) is 0 Å². The fourth-order valence-electron chi connectivity index (χ4n) is 1.45. The molecule has 17 heavy (non-hydrogen) atoms. The van der Waals surface area contributed by atoms with Gasteiger partial charge in [0.15, 0.2) is 18.2 Å². The van der Waals surface area contributed by atoms with Gasteiger partial charge in [0.25, 0.3) is 11.8 Å². The van der Waals surface area contributed by atoms with Gasteiger partial charge in [-0.15, -0.1) is 0 Å². The molecule has 3 rings (SSSR count). The molecular weight excluding hydrogens is 225 g/mol. The van der Waals surface area contributed by atoms with E-state index in [0.29, 0.717) is 11.8 Å². The molecule has 0 radical (unpaired) electrons. The molecule has 2 aromatic rings. The van der Waals surface area contributed by atoms with Crippen molar-refractivity contribution in [2.75, 3.05) is 0 Å². The number of aromatic nitrogens is 3. The first kappa shape index (κ1) is 10.2. The molecule has 1 saturated carbocycles. The molecule has 5 nitrogen and oxygen atoms in total. The first-order valence-corrected chi connectivity index (χ1v) is 5.39. The smallest absolute Gasteiger partial charge is 0.264 e. The third-order valence-corrected chi connectivity index (χ3v) is 2.50. The highest BCUT2D eigenvalue weighted by atomic mass is 19.1. The van der Waals surface area contributed by atoms with Gasteiger partial charge in [-0.3, -0.25) is 0 Å². The van der Waals surface area contributed by atoms with Gasteiger partial charge in [0.05, 0.1) is 0 Å². The Morgan fingerprint density at radius 2 is 2.35 bits per heavy atom. The quantitative estimate of drug-likeness (QED) is 0.759. The number of rotatable bonds is 4. The normalized spacial score (nSPS) is 14.9. The van der Waals surface area contributed by atoms with Gasteiger partial charge in [-0.2, -0.15) is 9.37 Å². The van der Waals surface area contributed by atoms with Crippen molar-refractivity contribution in [3.05, 3.63) is 36.0 Å². The Labute approximate surface area is 96.6 Å². The lowest BCUT2D eigenvalue weighted by molar-refractivity contribution is 0.231. The maximum atomic E-state index is 13.1. The fraction of sp³-hybridized carbons (Fsp3) is 0.364. The Hall–Kier alpha value is -1.98. The fourth-order valence-corrected chi connectivity index (χ4v) is 1.45. The molecule has 1 fully saturated rings. The predicted octanol–water partition coefficient (Wildman–Crippen LogP) is 2.06. The molecule has 1 aliphatic rings. The Balaban J connectivity index is 1.65. The van der Waals surface area contributed by atoms with Gasteiger partial charge < -0.3 is 9.26 Å². The molecule has 2 heterocycles. The highest BCUT2D eigenvalue weighted by molar-refractivity contribution is 5.17. The topological polar surface area (TPSA) is 61.0 Å². The molecule has 0 N–H and O–H groups in total. The van der Waals surface area contributed by atoms with Gasteiger partial charge in [-0.1, -0.05) is 5.16 Å². The lowest BCUT2D eigenvalue weighted by atomic mass is 10.4. The molecule has 88 valence electrons. The number of hydrogen-bond acceptors (Lipinski definition) is 5. The summed E-state index contributed by atoms with van der Waals surface area (Å²) >= 11 is 0. The molecule has 0 atom stereocenters. The van der Waals surface area contributed by atoms with Crippen LogP contribution >= 0.6 is 0 Å². The molecule has 0 aromatic carbocycles. The van der Waals surface area contributed by atoms with E-state index in [2.05, 4.69) is 15.1 Å². The van der Waals surface area contributed by atoms with Crippen molar-refractivity contribution in [2.24, 2.45) is 0 Å².